The Kier molecular flexibility index (Phi) is 5.21. The maximum absolute atomic E-state index is 11.7. The molecule has 0 N–H and O–H groups in total. The molecule has 0 aliphatic carbocycles. The molecule has 1 aliphatic rings. The molecule has 0 spiro atoms. The number of esters is 1. The quantitative estimate of drug-likeness (QED) is 0.766. The highest BCUT2D eigenvalue weighted by Crippen LogP contribution is 2.14. The summed E-state index contributed by atoms with van der Waals surface area (Å²) >= 11 is 0. The van der Waals surface area contributed by atoms with Gasteiger partial charge in [0.05, 0.1) is 19.6 Å². The number of rotatable bonds is 5. The van der Waals surface area contributed by atoms with Crippen LogP contribution in [-0.4, -0.2) is 32.4 Å². The predicted octanol–water partition coefficient (Wildman–Crippen LogP) is 2.35. The molecule has 1 saturated heterocycles. The van der Waals surface area contributed by atoms with Gasteiger partial charge in [0.25, 0.3) is 0 Å². The summed E-state index contributed by atoms with van der Waals surface area (Å²) in [5, 5.41) is 0. The molecule has 1 aromatic carbocycles. The Morgan fingerprint density at radius 2 is 2.11 bits per heavy atom. The molecule has 4 nitrogen and oxygen atoms in total. The monoisotopic (exact) mass is 264 g/mol. The Hall–Kier alpha value is -1.55. The summed E-state index contributed by atoms with van der Waals surface area (Å²) in [6.45, 7) is 1.15. The smallest absolute Gasteiger partial charge is 0.310 e. The number of carbonyl (C=O) groups excluding carboxylic acids is 1. The van der Waals surface area contributed by atoms with Crippen molar-refractivity contribution in [2.45, 2.75) is 31.8 Å². The lowest BCUT2D eigenvalue weighted by Gasteiger charge is -2.22. The zero-order valence-corrected chi connectivity index (χ0v) is 11.3. The third-order valence-electron chi connectivity index (χ3n) is 3.21. The minimum absolute atomic E-state index is 0.0774. The van der Waals surface area contributed by atoms with E-state index in [2.05, 4.69) is 0 Å². The zero-order chi connectivity index (χ0) is 13.5. The van der Waals surface area contributed by atoms with Gasteiger partial charge in [-0.3, -0.25) is 4.79 Å². The van der Waals surface area contributed by atoms with Gasteiger partial charge in [0, 0.05) is 6.61 Å². The molecule has 1 heterocycles. The highest BCUT2D eigenvalue weighted by molar-refractivity contribution is 5.72. The van der Waals surface area contributed by atoms with E-state index in [0.29, 0.717) is 6.61 Å². The second-order valence-electron chi connectivity index (χ2n) is 4.70. The lowest BCUT2D eigenvalue weighted by molar-refractivity contribution is -0.148. The van der Waals surface area contributed by atoms with Crippen LogP contribution in [0.2, 0.25) is 0 Å². The summed E-state index contributed by atoms with van der Waals surface area (Å²) in [5.74, 6) is 0.576. The number of ether oxygens (including phenoxy) is 3. The molecule has 0 aromatic heterocycles. The Morgan fingerprint density at radius 1 is 1.32 bits per heavy atom. The largest absolute Gasteiger partial charge is 0.497 e. The van der Waals surface area contributed by atoms with Crippen LogP contribution in [0.3, 0.4) is 0 Å². The Morgan fingerprint density at radius 3 is 2.74 bits per heavy atom. The van der Waals surface area contributed by atoms with Gasteiger partial charge >= 0.3 is 5.97 Å². The molecule has 0 bridgehead atoms. The maximum atomic E-state index is 11.7. The van der Waals surface area contributed by atoms with Gasteiger partial charge in [-0.1, -0.05) is 12.1 Å². The van der Waals surface area contributed by atoms with Crippen LogP contribution in [0.15, 0.2) is 24.3 Å². The Bertz CT molecular complexity index is 393. The minimum atomic E-state index is -0.209. The SMILES string of the molecule is COc1ccc(CC(=O)OCC2CCCCO2)cc1. The van der Waals surface area contributed by atoms with E-state index in [-0.39, 0.29) is 18.5 Å². The molecule has 4 heteroatoms. The van der Waals surface area contributed by atoms with Crippen LogP contribution in [0.5, 0.6) is 5.75 Å². The average Bonchev–Trinajstić information content (AvgIpc) is 2.47. The van der Waals surface area contributed by atoms with Gasteiger partial charge < -0.3 is 14.2 Å². The fraction of sp³-hybridized carbons (Fsp3) is 0.533. The van der Waals surface area contributed by atoms with Crippen LogP contribution in [-0.2, 0) is 20.7 Å². The highest BCUT2D eigenvalue weighted by atomic mass is 16.6. The zero-order valence-electron chi connectivity index (χ0n) is 11.3. The van der Waals surface area contributed by atoms with Gasteiger partial charge in [-0.25, -0.2) is 0 Å². The second-order valence-corrected chi connectivity index (χ2v) is 4.70. The van der Waals surface area contributed by atoms with E-state index in [1.807, 2.05) is 24.3 Å². The fourth-order valence-electron chi connectivity index (χ4n) is 2.09. The number of hydrogen-bond donors (Lipinski definition) is 0. The standard InChI is InChI=1S/C15H20O4/c1-17-13-7-5-12(6-8-13)10-15(16)19-11-14-4-2-3-9-18-14/h5-8,14H,2-4,9-11H2,1H3. The van der Waals surface area contributed by atoms with Crippen molar-refractivity contribution >= 4 is 5.97 Å². The molecular formula is C15H20O4. The number of hydrogen-bond acceptors (Lipinski definition) is 4. The molecule has 1 aromatic rings. The van der Waals surface area contributed by atoms with Gasteiger partial charge in [0.15, 0.2) is 0 Å². The van der Waals surface area contributed by atoms with E-state index in [1.54, 1.807) is 7.11 Å². The third-order valence-corrected chi connectivity index (χ3v) is 3.21. The topological polar surface area (TPSA) is 44.8 Å². The lowest BCUT2D eigenvalue weighted by Crippen LogP contribution is -2.26. The van der Waals surface area contributed by atoms with Crippen LogP contribution < -0.4 is 4.74 Å². The van der Waals surface area contributed by atoms with Crippen molar-refractivity contribution in [1.29, 1.82) is 0 Å². The molecule has 1 atom stereocenters. The molecule has 1 aliphatic heterocycles. The minimum Gasteiger partial charge on any atom is -0.497 e. The van der Waals surface area contributed by atoms with Gasteiger partial charge in [-0.15, -0.1) is 0 Å². The van der Waals surface area contributed by atoms with Gasteiger partial charge in [0.2, 0.25) is 0 Å². The maximum Gasteiger partial charge on any atom is 0.310 e. The van der Waals surface area contributed by atoms with Crippen molar-refractivity contribution in [3.05, 3.63) is 29.8 Å². The van der Waals surface area contributed by atoms with E-state index in [9.17, 15) is 4.79 Å². The first-order valence-corrected chi connectivity index (χ1v) is 6.68. The predicted molar refractivity (Wildman–Crippen MR) is 71.2 cm³/mol. The fourth-order valence-corrected chi connectivity index (χ4v) is 2.09. The lowest BCUT2D eigenvalue weighted by atomic mass is 10.1. The van der Waals surface area contributed by atoms with E-state index in [4.69, 9.17) is 14.2 Å². The summed E-state index contributed by atoms with van der Waals surface area (Å²) in [4.78, 5) is 11.7. The third kappa shape index (κ3) is 4.56. The molecule has 2 rings (SSSR count). The van der Waals surface area contributed by atoms with Crippen LogP contribution in [0.1, 0.15) is 24.8 Å². The number of methoxy groups -OCH3 is 1. The van der Waals surface area contributed by atoms with Gasteiger partial charge in [-0.2, -0.15) is 0 Å². The van der Waals surface area contributed by atoms with Crippen LogP contribution in [0.4, 0.5) is 0 Å². The molecule has 19 heavy (non-hydrogen) atoms. The molecule has 0 radical (unpaired) electrons. The van der Waals surface area contributed by atoms with Crippen molar-refractivity contribution in [2.75, 3.05) is 20.3 Å². The van der Waals surface area contributed by atoms with Crippen molar-refractivity contribution < 1.29 is 19.0 Å². The van der Waals surface area contributed by atoms with Crippen LogP contribution in [0.25, 0.3) is 0 Å². The Balaban J connectivity index is 1.73. The Labute approximate surface area is 113 Å². The molecule has 1 fully saturated rings. The van der Waals surface area contributed by atoms with Gasteiger partial charge in [0.1, 0.15) is 12.4 Å². The number of benzene rings is 1. The second kappa shape index (κ2) is 7.14. The highest BCUT2D eigenvalue weighted by Gasteiger charge is 2.16. The normalized spacial score (nSPS) is 18.9. The van der Waals surface area contributed by atoms with Crippen molar-refractivity contribution in [1.82, 2.24) is 0 Å². The molecule has 1 unspecified atom stereocenters. The van der Waals surface area contributed by atoms with E-state index in [0.717, 1.165) is 37.2 Å². The summed E-state index contributed by atoms with van der Waals surface area (Å²) in [6.07, 6.45) is 3.61. The first-order chi connectivity index (χ1) is 9.28. The average molecular weight is 264 g/mol. The summed E-state index contributed by atoms with van der Waals surface area (Å²) < 4.78 is 15.8. The number of carbonyl (C=O) groups is 1. The molecule has 0 saturated carbocycles. The molecular weight excluding hydrogens is 244 g/mol. The first-order valence-electron chi connectivity index (χ1n) is 6.68. The van der Waals surface area contributed by atoms with E-state index < -0.39 is 0 Å². The summed E-state index contributed by atoms with van der Waals surface area (Å²) in [5.41, 5.74) is 0.926. The summed E-state index contributed by atoms with van der Waals surface area (Å²) in [6, 6.07) is 7.42. The van der Waals surface area contributed by atoms with E-state index in [1.165, 1.54) is 0 Å². The van der Waals surface area contributed by atoms with E-state index >= 15 is 0 Å². The summed E-state index contributed by atoms with van der Waals surface area (Å²) in [7, 11) is 1.62. The van der Waals surface area contributed by atoms with Gasteiger partial charge in [-0.05, 0) is 37.0 Å². The van der Waals surface area contributed by atoms with Crippen molar-refractivity contribution in [2.24, 2.45) is 0 Å². The van der Waals surface area contributed by atoms with Crippen LogP contribution >= 0.6 is 0 Å². The van der Waals surface area contributed by atoms with Crippen molar-refractivity contribution in [3.63, 3.8) is 0 Å². The first kappa shape index (κ1) is 13.9. The molecule has 104 valence electrons. The van der Waals surface area contributed by atoms with Crippen LogP contribution in [0, 0.1) is 0 Å². The van der Waals surface area contributed by atoms with Crippen molar-refractivity contribution in [3.8, 4) is 5.75 Å². The molecule has 0 amide bonds.